The monoisotopic (exact) mass is 270 g/mol. The van der Waals surface area contributed by atoms with Gasteiger partial charge in [0.05, 0.1) is 23.4 Å². The third-order valence-electron chi connectivity index (χ3n) is 3.82. The minimum absolute atomic E-state index is 0.133. The first kappa shape index (κ1) is 12.7. The third kappa shape index (κ3) is 2.15. The van der Waals surface area contributed by atoms with E-state index in [0.717, 1.165) is 36.1 Å². The van der Waals surface area contributed by atoms with Gasteiger partial charge in [0.1, 0.15) is 0 Å². The van der Waals surface area contributed by atoms with Crippen molar-refractivity contribution in [2.45, 2.75) is 6.42 Å². The number of nitrogens with zero attached hydrogens (tertiary/aromatic N) is 3. The molecule has 1 saturated heterocycles. The van der Waals surface area contributed by atoms with Gasteiger partial charge in [0.2, 0.25) is 5.91 Å². The van der Waals surface area contributed by atoms with Crippen molar-refractivity contribution in [2.75, 3.05) is 37.3 Å². The fourth-order valence-corrected chi connectivity index (χ4v) is 2.63. The number of amides is 1. The number of hydrogen-bond donors (Lipinski definition) is 1. The second-order valence-electron chi connectivity index (χ2n) is 5.16. The number of fused-ring (bicyclic) bond motifs is 1. The van der Waals surface area contributed by atoms with Gasteiger partial charge in [0.15, 0.2) is 0 Å². The molecule has 0 unspecified atom stereocenters. The van der Waals surface area contributed by atoms with E-state index in [4.69, 9.17) is 5.73 Å². The predicted molar refractivity (Wildman–Crippen MR) is 80.6 cm³/mol. The van der Waals surface area contributed by atoms with Crippen LogP contribution in [0.2, 0.25) is 0 Å². The molecule has 2 N–H and O–H groups in total. The Hall–Kier alpha value is -2.30. The topological polar surface area (TPSA) is 62.5 Å². The Balaban J connectivity index is 2.01. The lowest BCUT2D eigenvalue weighted by molar-refractivity contribution is -0.127. The van der Waals surface area contributed by atoms with Crippen LogP contribution in [0.4, 0.5) is 11.4 Å². The van der Waals surface area contributed by atoms with E-state index in [2.05, 4.69) is 9.88 Å². The van der Waals surface area contributed by atoms with E-state index in [0.29, 0.717) is 12.2 Å². The lowest BCUT2D eigenvalue weighted by atomic mass is 10.1. The van der Waals surface area contributed by atoms with Crippen LogP contribution >= 0.6 is 0 Å². The van der Waals surface area contributed by atoms with Crippen LogP contribution in [0.5, 0.6) is 0 Å². The Bertz CT molecular complexity index is 655. The normalized spacial score (nSPS) is 16.6. The average Bonchev–Trinajstić information content (AvgIpc) is 2.62. The van der Waals surface area contributed by atoms with Crippen LogP contribution in [0.3, 0.4) is 0 Å². The summed E-state index contributed by atoms with van der Waals surface area (Å²) >= 11 is 0. The lowest BCUT2D eigenvalue weighted by Crippen LogP contribution is -2.34. The first-order chi connectivity index (χ1) is 9.66. The van der Waals surface area contributed by atoms with Crippen LogP contribution in [0.15, 0.2) is 30.5 Å². The molecule has 2 aromatic rings. The summed E-state index contributed by atoms with van der Waals surface area (Å²) in [6.07, 6.45) is 2.71. The van der Waals surface area contributed by atoms with Gasteiger partial charge in [-0.05, 0) is 30.7 Å². The zero-order valence-electron chi connectivity index (χ0n) is 11.5. The SMILES string of the molecule is CN1CCCN(c2ccc3ncccc3c2N)CC1=O. The molecule has 0 saturated carbocycles. The summed E-state index contributed by atoms with van der Waals surface area (Å²) in [4.78, 5) is 20.1. The van der Waals surface area contributed by atoms with E-state index in [1.807, 2.05) is 31.3 Å². The second kappa shape index (κ2) is 5.00. The maximum atomic E-state index is 12.0. The largest absolute Gasteiger partial charge is 0.396 e. The summed E-state index contributed by atoms with van der Waals surface area (Å²) in [7, 11) is 1.85. The second-order valence-corrected chi connectivity index (χ2v) is 5.16. The molecule has 1 aliphatic heterocycles. The third-order valence-corrected chi connectivity index (χ3v) is 3.82. The maximum Gasteiger partial charge on any atom is 0.241 e. The average molecular weight is 270 g/mol. The lowest BCUT2D eigenvalue weighted by Gasteiger charge is -2.24. The molecule has 3 rings (SSSR count). The molecular weight excluding hydrogens is 252 g/mol. The highest BCUT2D eigenvalue weighted by Gasteiger charge is 2.21. The van der Waals surface area contributed by atoms with E-state index in [9.17, 15) is 4.79 Å². The highest BCUT2D eigenvalue weighted by atomic mass is 16.2. The van der Waals surface area contributed by atoms with Gasteiger partial charge in [-0.3, -0.25) is 9.78 Å². The van der Waals surface area contributed by atoms with Crippen LogP contribution in [0.1, 0.15) is 6.42 Å². The Labute approximate surface area is 118 Å². The van der Waals surface area contributed by atoms with Crippen molar-refractivity contribution < 1.29 is 4.79 Å². The van der Waals surface area contributed by atoms with Crippen molar-refractivity contribution in [3.05, 3.63) is 30.5 Å². The minimum atomic E-state index is 0.133. The Morgan fingerprint density at radius 2 is 2.10 bits per heavy atom. The molecule has 2 heterocycles. The van der Waals surface area contributed by atoms with Gasteiger partial charge in [-0.2, -0.15) is 0 Å². The first-order valence-electron chi connectivity index (χ1n) is 6.79. The summed E-state index contributed by atoms with van der Waals surface area (Å²) in [5.41, 5.74) is 8.78. The first-order valence-corrected chi connectivity index (χ1v) is 6.79. The predicted octanol–water partition coefficient (Wildman–Crippen LogP) is 1.49. The van der Waals surface area contributed by atoms with Gasteiger partial charge in [0, 0.05) is 31.7 Å². The molecule has 0 atom stereocenters. The quantitative estimate of drug-likeness (QED) is 0.797. The summed E-state index contributed by atoms with van der Waals surface area (Å²) in [6.45, 7) is 2.02. The van der Waals surface area contributed by atoms with Gasteiger partial charge in [-0.1, -0.05) is 0 Å². The van der Waals surface area contributed by atoms with Crippen LogP contribution in [0.25, 0.3) is 10.9 Å². The number of hydrogen-bond acceptors (Lipinski definition) is 4. The Morgan fingerprint density at radius 3 is 2.95 bits per heavy atom. The summed E-state index contributed by atoms with van der Waals surface area (Å²) in [6, 6.07) is 7.76. The molecule has 5 heteroatoms. The molecule has 20 heavy (non-hydrogen) atoms. The van der Waals surface area contributed by atoms with Gasteiger partial charge in [0.25, 0.3) is 0 Å². The fraction of sp³-hybridized carbons (Fsp3) is 0.333. The number of carbonyl (C=O) groups excluding carboxylic acids is 1. The van der Waals surface area contributed by atoms with Crippen LogP contribution in [-0.2, 0) is 4.79 Å². The Kier molecular flexibility index (Phi) is 3.18. The molecule has 1 fully saturated rings. The zero-order valence-corrected chi connectivity index (χ0v) is 11.5. The molecule has 5 nitrogen and oxygen atoms in total. The maximum absolute atomic E-state index is 12.0. The van der Waals surface area contributed by atoms with E-state index in [1.165, 1.54) is 0 Å². The van der Waals surface area contributed by atoms with Gasteiger partial charge in [-0.25, -0.2) is 0 Å². The number of nitrogen functional groups attached to an aromatic ring is 1. The summed E-state index contributed by atoms with van der Waals surface area (Å²) < 4.78 is 0. The molecular formula is C15H18N4O. The molecule has 1 amide bonds. The number of aromatic nitrogens is 1. The van der Waals surface area contributed by atoms with Crippen molar-refractivity contribution in [1.29, 1.82) is 0 Å². The van der Waals surface area contributed by atoms with Crippen LogP contribution in [0, 0.1) is 0 Å². The van der Waals surface area contributed by atoms with Gasteiger partial charge >= 0.3 is 0 Å². The number of nitrogens with two attached hydrogens (primary N) is 1. The van der Waals surface area contributed by atoms with Gasteiger partial charge in [-0.15, -0.1) is 0 Å². The zero-order chi connectivity index (χ0) is 14.1. The number of benzene rings is 1. The molecule has 104 valence electrons. The summed E-state index contributed by atoms with van der Waals surface area (Å²) in [5, 5.41) is 0.940. The van der Waals surface area contributed by atoms with Gasteiger partial charge < -0.3 is 15.5 Å². The number of anilines is 2. The number of rotatable bonds is 1. The van der Waals surface area contributed by atoms with E-state index in [1.54, 1.807) is 11.1 Å². The molecule has 1 aromatic heterocycles. The molecule has 1 aromatic carbocycles. The highest BCUT2D eigenvalue weighted by Crippen LogP contribution is 2.31. The van der Waals surface area contributed by atoms with Crippen molar-refractivity contribution in [3.8, 4) is 0 Å². The number of pyridine rings is 1. The van der Waals surface area contributed by atoms with Crippen molar-refractivity contribution in [2.24, 2.45) is 0 Å². The minimum Gasteiger partial charge on any atom is -0.396 e. The fourth-order valence-electron chi connectivity index (χ4n) is 2.63. The van der Waals surface area contributed by atoms with Crippen LogP contribution < -0.4 is 10.6 Å². The number of likely N-dealkylation sites (N-methyl/N-ethyl adjacent to an activating group) is 1. The highest BCUT2D eigenvalue weighted by molar-refractivity contribution is 5.98. The molecule has 0 spiro atoms. The standard InChI is InChI=1S/C15H18N4O/c1-18-8-3-9-19(10-14(18)20)13-6-5-12-11(15(13)16)4-2-7-17-12/h2,4-7H,3,8-10,16H2,1H3. The van der Waals surface area contributed by atoms with Crippen molar-refractivity contribution in [3.63, 3.8) is 0 Å². The Morgan fingerprint density at radius 1 is 1.25 bits per heavy atom. The van der Waals surface area contributed by atoms with Crippen molar-refractivity contribution in [1.82, 2.24) is 9.88 Å². The number of carbonyl (C=O) groups is 1. The molecule has 0 bridgehead atoms. The van der Waals surface area contributed by atoms with Crippen LogP contribution in [-0.4, -0.2) is 42.5 Å². The molecule has 1 aliphatic rings. The van der Waals surface area contributed by atoms with E-state index < -0.39 is 0 Å². The molecule has 0 aliphatic carbocycles. The van der Waals surface area contributed by atoms with E-state index in [-0.39, 0.29) is 5.91 Å². The van der Waals surface area contributed by atoms with E-state index >= 15 is 0 Å². The summed E-state index contributed by atoms with van der Waals surface area (Å²) in [5.74, 6) is 0.133. The molecule has 0 radical (unpaired) electrons. The smallest absolute Gasteiger partial charge is 0.241 e. The van der Waals surface area contributed by atoms with Crippen molar-refractivity contribution >= 4 is 28.2 Å².